The summed E-state index contributed by atoms with van der Waals surface area (Å²) >= 11 is 0. The third-order valence-electron chi connectivity index (χ3n) is 2.85. The number of rotatable bonds is 7. The van der Waals surface area contributed by atoms with Crippen molar-refractivity contribution in [3.05, 3.63) is 24.0 Å². The molecule has 1 unspecified atom stereocenters. The standard InChI is InChI=1S/C13H25N3/c1-11(2)7-13(16(3)4)10-15-9-12-5-6-14-8-12/h5-6,8,11,13-15H,7,9-10H2,1-4H3. The number of likely N-dealkylation sites (N-methyl/N-ethyl adjacent to an activating group) is 1. The van der Waals surface area contributed by atoms with Crippen LogP contribution in [-0.4, -0.2) is 36.6 Å². The summed E-state index contributed by atoms with van der Waals surface area (Å²) in [6.45, 7) is 6.56. The molecule has 16 heavy (non-hydrogen) atoms. The predicted octanol–water partition coefficient (Wildman–Crippen LogP) is 2.08. The first-order chi connectivity index (χ1) is 7.59. The van der Waals surface area contributed by atoms with Crippen LogP contribution in [0.25, 0.3) is 0 Å². The Kier molecular flexibility index (Phi) is 5.56. The molecule has 92 valence electrons. The Hall–Kier alpha value is -0.800. The fourth-order valence-corrected chi connectivity index (χ4v) is 1.87. The largest absolute Gasteiger partial charge is 0.367 e. The lowest BCUT2D eigenvalue weighted by atomic mass is 10.0. The molecule has 1 rings (SSSR count). The Morgan fingerprint density at radius 3 is 2.62 bits per heavy atom. The molecule has 1 atom stereocenters. The smallest absolute Gasteiger partial charge is 0.0221 e. The van der Waals surface area contributed by atoms with Gasteiger partial charge >= 0.3 is 0 Å². The van der Waals surface area contributed by atoms with Gasteiger partial charge in [-0.15, -0.1) is 0 Å². The molecule has 3 nitrogen and oxygen atoms in total. The average Bonchev–Trinajstić information content (AvgIpc) is 2.68. The van der Waals surface area contributed by atoms with E-state index in [0.29, 0.717) is 6.04 Å². The second-order valence-electron chi connectivity index (χ2n) is 5.10. The number of nitrogens with zero attached hydrogens (tertiary/aromatic N) is 1. The van der Waals surface area contributed by atoms with Crippen LogP contribution >= 0.6 is 0 Å². The first-order valence-corrected chi connectivity index (χ1v) is 6.08. The van der Waals surface area contributed by atoms with Crippen LogP contribution in [0.15, 0.2) is 18.5 Å². The minimum Gasteiger partial charge on any atom is -0.367 e. The molecule has 2 N–H and O–H groups in total. The Labute approximate surface area is 99.2 Å². The van der Waals surface area contributed by atoms with Gasteiger partial charge in [0.05, 0.1) is 0 Å². The quantitative estimate of drug-likeness (QED) is 0.741. The second kappa shape index (κ2) is 6.71. The van der Waals surface area contributed by atoms with E-state index in [4.69, 9.17) is 0 Å². The summed E-state index contributed by atoms with van der Waals surface area (Å²) in [5.41, 5.74) is 1.32. The van der Waals surface area contributed by atoms with Gasteiger partial charge in [0.1, 0.15) is 0 Å². The number of aromatic amines is 1. The van der Waals surface area contributed by atoms with Crippen LogP contribution < -0.4 is 5.32 Å². The van der Waals surface area contributed by atoms with Crippen LogP contribution in [-0.2, 0) is 6.54 Å². The Bertz CT molecular complexity index is 265. The van der Waals surface area contributed by atoms with Gasteiger partial charge in [-0.1, -0.05) is 13.8 Å². The summed E-state index contributed by atoms with van der Waals surface area (Å²) in [7, 11) is 4.32. The normalized spacial score (nSPS) is 13.6. The topological polar surface area (TPSA) is 31.1 Å². The lowest BCUT2D eigenvalue weighted by Gasteiger charge is -2.26. The maximum atomic E-state index is 3.51. The van der Waals surface area contributed by atoms with E-state index in [1.165, 1.54) is 12.0 Å². The zero-order valence-electron chi connectivity index (χ0n) is 11.0. The van der Waals surface area contributed by atoms with Crippen LogP contribution in [0.2, 0.25) is 0 Å². The van der Waals surface area contributed by atoms with E-state index < -0.39 is 0 Å². The Balaban J connectivity index is 2.27. The van der Waals surface area contributed by atoms with Crippen molar-refractivity contribution in [2.75, 3.05) is 20.6 Å². The van der Waals surface area contributed by atoms with Crippen molar-refractivity contribution in [3.8, 4) is 0 Å². The van der Waals surface area contributed by atoms with Crippen molar-refractivity contribution in [2.24, 2.45) is 5.92 Å². The molecule has 0 fully saturated rings. The van der Waals surface area contributed by atoms with Crippen molar-refractivity contribution >= 4 is 0 Å². The van der Waals surface area contributed by atoms with Crippen molar-refractivity contribution in [2.45, 2.75) is 32.9 Å². The molecule has 0 radical (unpaired) electrons. The van der Waals surface area contributed by atoms with Gasteiger partial charge in [0.2, 0.25) is 0 Å². The summed E-state index contributed by atoms with van der Waals surface area (Å²) in [4.78, 5) is 5.38. The number of hydrogen-bond acceptors (Lipinski definition) is 2. The average molecular weight is 223 g/mol. The number of nitrogens with one attached hydrogen (secondary N) is 2. The maximum Gasteiger partial charge on any atom is 0.0221 e. The van der Waals surface area contributed by atoms with Gasteiger partial charge in [-0.05, 0) is 38.1 Å². The van der Waals surface area contributed by atoms with Crippen molar-refractivity contribution < 1.29 is 0 Å². The van der Waals surface area contributed by atoms with Crippen molar-refractivity contribution in [1.82, 2.24) is 15.2 Å². The van der Waals surface area contributed by atoms with Crippen LogP contribution in [0, 0.1) is 5.92 Å². The van der Waals surface area contributed by atoms with E-state index in [-0.39, 0.29) is 0 Å². The SMILES string of the molecule is CC(C)CC(CNCc1cc[nH]c1)N(C)C. The van der Waals surface area contributed by atoms with Crippen molar-refractivity contribution in [1.29, 1.82) is 0 Å². The van der Waals surface area contributed by atoms with E-state index in [2.05, 4.69) is 49.2 Å². The zero-order valence-corrected chi connectivity index (χ0v) is 11.0. The molecule has 0 spiro atoms. The minimum absolute atomic E-state index is 0.624. The van der Waals surface area contributed by atoms with Crippen LogP contribution in [0.4, 0.5) is 0 Å². The summed E-state index contributed by atoms with van der Waals surface area (Å²) in [6, 6.07) is 2.74. The number of H-pyrrole nitrogens is 1. The first-order valence-electron chi connectivity index (χ1n) is 6.08. The zero-order chi connectivity index (χ0) is 12.0. The molecular weight excluding hydrogens is 198 g/mol. The van der Waals surface area contributed by atoms with Crippen LogP contribution in [0.3, 0.4) is 0 Å². The molecule has 0 aliphatic heterocycles. The highest BCUT2D eigenvalue weighted by Crippen LogP contribution is 2.08. The van der Waals surface area contributed by atoms with E-state index >= 15 is 0 Å². The monoisotopic (exact) mass is 223 g/mol. The molecule has 0 aliphatic carbocycles. The molecule has 1 aromatic rings. The van der Waals surface area contributed by atoms with Gasteiger partial charge in [0, 0.05) is 31.5 Å². The molecule has 0 amide bonds. The lowest BCUT2D eigenvalue weighted by Crippen LogP contribution is -2.38. The predicted molar refractivity (Wildman–Crippen MR) is 69.4 cm³/mol. The third-order valence-corrected chi connectivity index (χ3v) is 2.85. The third kappa shape index (κ3) is 4.81. The second-order valence-corrected chi connectivity index (χ2v) is 5.10. The van der Waals surface area contributed by atoms with Gasteiger partial charge in [0.15, 0.2) is 0 Å². The number of aromatic nitrogens is 1. The molecular formula is C13H25N3. The fraction of sp³-hybridized carbons (Fsp3) is 0.692. The van der Waals surface area contributed by atoms with Gasteiger partial charge in [-0.3, -0.25) is 0 Å². The minimum atomic E-state index is 0.624. The molecule has 0 saturated carbocycles. The molecule has 0 aliphatic rings. The van der Waals surface area contributed by atoms with Crippen LogP contribution in [0.5, 0.6) is 0 Å². The lowest BCUT2D eigenvalue weighted by molar-refractivity contribution is 0.246. The molecule has 0 bridgehead atoms. The molecule has 3 heteroatoms. The highest BCUT2D eigenvalue weighted by atomic mass is 15.1. The molecule has 1 heterocycles. The van der Waals surface area contributed by atoms with Gasteiger partial charge in [0.25, 0.3) is 0 Å². The summed E-state index contributed by atoms with van der Waals surface area (Å²) in [5, 5.41) is 3.51. The summed E-state index contributed by atoms with van der Waals surface area (Å²) in [5.74, 6) is 0.751. The van der Waals surface area contributed by atoms with Crippen LogP contribution in [0.1, 0.15) is 25.8 Å². The first kappa shape index (κ1) is 13.3. The Morgan fingerprint density at radius 1 is 1.38 bits per heavy atom. The number of hydrogen-bond donors (Lipinski definition) is 2. The van der Waals surface area contributed by atoms with E-state index in [1.54, 1.807) is 0 Å². The van der Waals surface area contributed by atoms with E-state index in [0.717, 1.165) is 19.0 Å². The summed E-state index contributed by atoms with van der Waals surface area (Å²) < 4.78 is 0. The van der Waals surface area contributed by atoms with Crippen molar-refractivity contribution in [3.63, 3.8) is 0 Å². The maximum absolute atomic E-state index is 3.51. The molecule has 0 aromatic carbocycles. The highest BCUT2D eigenvalue weighted by molar-refractivity contribution is 5.07. The molecule has 0 saturated heterocycles. The van der Waals surface area contributed by atoms with Gasteiger partial charge in [-0.2, -0.15) is 0 Å². The van der Waals surface area contributed by atoms with Gasteiger partial charge < -0.3 is 15.2 Å². The van der Waals surface area contributed by atoms with Gasteiger partial charge in [-0.25, -0.2) is 0 Å². The molecule has 1 aromatic heterocycles. The summed E-state index contributed by atoms with van der Waals surface area (Å²) in [6.07, 6.45) is 5.25. The fourth-order valence-electron chi connectivity index (χ4n) is 1.87. The van der Waals surface area contributed by atoms with E-state index in [1.807, 2.05) is 12.4 Å². The Morgan fingerprint density at radius 2 is 2.12 bits per heavy atom. The highest BCUT2D eigenvalue weighted by Gasteiger charge is 2.12. The van der Waals surface area contributed by atoms with E-state index in [9.17, 15) is 0 Å².